The number of benzene rings is 1. The van der Waals surface area contributed by atoms with E-state index < -0.39 is 0 Å². The fourth-order valence-corrected chi connectivity index (χ4v) is 1.68. The maximum Gasteiger partial charge on any atom is 0.231 e. The molecule has 1 aromatic heterocycles. The highest BCUT2D eigenvalue weighted by molar-refractivity contribution is 5.36. The van der Waals surface area contributed by atoms with Crippen LogP contribution in [0.25, 0.3) is 0 Å². The number of aryl methyl sites for hydroxylation is 1. The standard InChI is InChI=1S/C15H14N2O/c16-12-14-9-4-10-17-15(14)18-11-5-8-13-6-2-1-3-7-13/h1-4,6-7,9-10H,5,8,11H2. The Morgan fingerprint density at radius 2 is 1.94 bits per heavy atom. The monoisotopic (exact) mass is 238 g/mol. The molecule has 0 radical (unpaired) electrons. The highest BCUT2D eigenvalue weighted by atomic mass is 16.5. The molecule has 0 unspecified atom stereocenters. The van der Waals surface area contributed by atoms with Gasteiger partial charge in [0.2, 0.25) is 5.88 Å². The first-order valence-electron chi connectivity index (χ1n) is 5.92. The topological polar surface area (TPSA) is 45.9 Å². The molecule has 2 rings (SSSR count). The van der Waals surface area contributed by atoms with E-state index in [0.717, 1.165) is 12.8 Å². The average Bonchev–Trinajstić information content (AvgIpc) is 2.45. The van der Waals surface area contributed by atoms with Gasteiger partial charge >= 0.3 is 0 Å². The van der Waals surface area contributed by atoms with Crippen molar-refractivity contribution in [3.8, 4) is 11.9 Å². The van der Waals surface area contributed by atoms with Gasteiger partial charge in [0.1, 0.15) is 11.6 Å². The second-order valence-corrected chi connectivity index (χ2v) is 3.91. The third-order valence-corrected chi connectivity index (χ3v) is 2.58. The lowest BCUT2D eigenvalue weighted by Crippen LogP contribution is -2.02. The van der Waals surface area contributed by atoms with Crippen molar-refractivity contribution < 1.29 is 4.74 Å². The zero-order valence-electron chi connectivity index (χ0n) is 10.0. The Hall–Kier alpha value is -2.34. The van der Waals surface area contributed by atoms with Crippen LogP contribution in [0.4, 0.5) is 0 Å². The van der Waals surface area contributed by atoms with Crippen molar-refractivity contribution in [2.24, 2.45) is 0 Å². The minimum atomic E-state index is 0.424. The van der Waals surface area contributed by atoms with E-state index in [1.165, 1.54) is 5.56 Å². The first-order chi connectivity index (χ1) is 8.90. The van der Waals surface area contributed by atoms with Crippen LogP contribution in [-0.4, -0.2) is 11.6 Å². The summed E-state index contributed by atoms with van der Waals surface area (Å²) in [6, 6.07) is 15.8. The maximum absolute atomic E-state index is 8.88. The number of ether oxygens (including phenoxy) is 1. The molecule has 0 spiro atoms. The predicted molar refractivity (Wildman–Crippen MR) is 69.2 cm³/mol. The van der Waals surface area contributed by atoms with Crippen LogP contribution in [-0.2, 0) is 6.42 Å². The van der Waals surface area contributed by atoms with Crippen LogP contribution in [0.1, 0.15) is 17.5 Å². The maximum atomic E-state index is 8.88. The largest absolute Gasteiger partial charge is 0.477 e. The number of hydrogen-bond donors (Lipinski definition) is 0. The Balaban J connectivity index is 1.81. The molecule has 0 atom stereocenters. The molecule has 0 aliphatic carbocycles. The number of hydrogen-bond acceptors (Lipinski definition) is 3. The summed E-state index contributed by atoms with van der Waals surface area (Å²) in [5, 5.41) is 8.88. The van der Waals surface area contributed by atoms with Crippen LogP contribution in [0.15, 0.2) is 48.7 Å². The van der Waals surface area contributed by atoms with Crippen molar-refractivity contribution in [1.29, 1.82) is 5.26 Å². The van der Waals surface area contributed by atoms with E-state index in [-0.39, 0.29) is 0 Å². The number of pyridine rings is 1. The average molecular weight is 238 g/mol. The molecule has 1 aromatic carbocycles. The van der Waals surface area contributed by atoms with Gasteiger partial charge < -0.3 is 4.74 Å². The van der Waals surface area contributed by atoms with Crippen molar-refractivity contribution >= 4 is 0 Å². The van der Waals surface area contributed by atoms with Crippen LogP contribution in [0, 0.1) is 11.3 Å². The van der Waals surface area contributed by atoms with Gasteiger partial charge in [-0.05, 0) is 30.5 Å². The first kappa shape index (κ1) is 12.1. The number of nitrogens with zero attached hydrogens (tertiary/aromatic N) is 2. The zero-order valence-corrected chi connectivity index (χ0v) is 10.0. The fraction of sp³-hybridized carbons (Fsp3) is 0.200. The lowest BCUT2D eigenvalue weighted by molar-refractivity contribution is 0.298. The van der Waals surface area contributed by atoms with E-state index in [9.17, 15) is 0 Å². The smallest absolute Gasteiger partial charge is 0.231 e. The molecular weight excluding hydrogens is 224 g/mol. The Labute approximate surface area is 107 Å². The van der Waals surface area contributed by atoms with Crippen LogP contribution in [0.3, 0.4) is 0 Å². The number of aromatic nitrogens is 1. The van der Waals surface area contributed by atoms with Gasteiger partial charge in [0, 0.05) is 6.20 Å². The van der Waals surface area contributed by atoms with Gasteiger partial charge in [-0.15, -0.1) is 0 Å². The molecule has 1 heterocycles. The third-order valence-electron chi connectivity index (χ3n) is 2.58. The zero-order chi connectivity index (χ0) is 12.6. The Bertz CT molecular complexity index is 532. The predicted octanol–water partition coefficient (Wildman–Crippen LogP) is 2.96. The summed E-state index contributed by atoms with van der Waals surface area (Å²) in [6.45, 7) is 0.570. The van der Waals surface area contributed by atoms with Crippen molar-refractivity contribution in [2.75, 3.05) is 6.61 Å². The van der Waals surface area contributed by atoms with Crippen molar-refractivity contribution in [3.63, 3.8) is 0 Å². The van der Waals surface area contributed by atoms with E-state index in [1.54, 1.807) is 18.3 Å². The molecule has 0 saturated carbocycles. The Kier molecular flexibility index (Phi) is 4.32. The van der Waals surface area contributed by atoms with Gasteiger partial charge in [-0.1, -0.05) is 30.3 Å². The molecule has 0 N–H and O–H groups in total. The lowest BCUT2D eigenvalue weighted by atomic mass is 10.1. The quantitative estimate of drug-likeness (QED) is 0.752. The van der Waals surface area contributed by atoms with Crippen molar-refractivity contribution in [2.45, 2.75) is 12.8 Å². The molecule has 0 saturated heterocycles. The normalized spacial score (nSPS) is 9.72. The SMILES string of the molecule is N#Cc1cccnc1OCCCc1ccccc1. The molecule has 18 heavy (non-hydrogen) atoms. The minimum absolute atomic E-state index is 0.424. The third kappa shape index (κ3) is 3.33. The summed E-state index contributed by atoms with van der Waals surface area (Å²) in [6.07, 6.45) is 3.51. The van der Waals surface area contributed by atoms with Gasteiger partial charge in [-0.3, -0.25) is 0 Å². The van der Waals surface area contributed by atoms with Crippen LogP contribution >= 0.6 is 0 Å². The summed E-state index contributed by atoms with van der Waals surface area (Å²) in [5.41, 5.74) is 1.78. The summed E-state index contributed by atoms with van der Waals surface area (Å²) in [5.74, 6) is 0.424. The highest BCUT2D eigenvalue weighted by Crippen LogP contribution is 2.13. The fourth-order valence-electron chi connectivity index (χ4n) is 1.68. The van der Waals surface area contributed by atoms with Crippen LogP contribution < -0.4 is 4.74 Å². The Morgan fingerprint density at radius 1 is 1.11 bits per heavy atom. The number of rotatable bonds is 5. The van der Waals surface area contributed by atoms with E-state index in [1.807, 2.05) is 18.2 Å². The van der Waals surface area contributed by atoms with E-state index in [4.69, 9.17) is 10.00 Å². The van der Waals surface area contributed by atoms with Gasteiger partial charge in [-0.2, -0.15) is 5.26 Å². The number of nitriles is 1. The molecule has 0 bridgehead atoms. The summed E-state index contributed by atoms with van der Waals surface area (Å²) < 4.78 is 5.52. The summed E-state index contributed by atoms with van der Waals surface area (Å²) in [4.78, 5) is 4.05. The second kappa shape index (κ2) is 6.41. The molecular formula is C15H14N2O. The van der Waals surface area contributed by atoms with Gasteiger partial charge in [-0.25, -0.2) is 4.98 Å². The van der Waals surface area contributed by atoms with E-state index in [2.05, 4.69) is 23.2 Å². The Morgan fingerprint density at radius 3 is 2.72 bits per heavy atom. The molecule has 0 aliphatic heterocycles. The highest BCUT2D eigenvalue weighted by Gasteiger charge is 2.02. The van der Waals surface area contributed by atoms with Gasteiger partial charge in [0.25, 0.3) is 0 Å². The summed E-state index contributed by atoms with van der Waals surface area (Å²) in [7, 11) is 0. The van der Waals surface area contributed by atoms with Crippen LogP contribution in [0.5, 0.6) is 5.88 Å². The molecule has 0 amide bonds. The van der Waals surface area contributed by atoms with Crippen molar-refractivity contribution in [3.05, 3.63) is 59.8 Å². The molecule has 2 aromatic rings. The van der Waals surface area contributed by atoms with Gasteiger partial charge in [0.15, 0.2) is 0 Å². The lowest BCUT2D eigenvalue weighted by Gasteiger charge is -2.06. The van der Waals surface area contributed by atoms with Crippen LogP contribution in [0.2, 0.25) is 0 Å². The second-order valence-electron chi connectivity index (χ2n) is 3.91. The minimum Gasteiger partial charge on any atom is -0.477 e. The van der Waals surface area contributed by atoms with Gasteiger partial charge in [0.05, 0.1) is 6.61 Å². The molecule has 3 heteroatoms. The molecule has 3 nitrogen and oxygen atoms in total. The summed E-state index contributed by atoms with van der Waals surface area (Å²) >= 11 is 0. The molecule has 0 fully saturated rings. The van der Waals surface area contributed by atoms with E-state index >= 15 is 0 Å². The first-order valence-corrected chi connectivity index (χ1v) is 5.92. The molecule has 0 aliphatic rings. The van der Waals surface area contributed by atoms with E-state index in [0.29, 0.717) is 18.1 Å². The molecule has 90 valence electrons. The van der Waals surface area contributed by atoms with Crippen molar-refractivity contribution in [1.82, 2.24) is 4.98 Å².